The molecule has 1 aliphatic heterocycles. The van der Waals surface area contributed by atoms with E-state index in [1.54, 1.807) is 29.9 Å². The average molecular weight is 522 g/mol. The van der Waals surface area contributed by atoms with Crippen LogP contribution in [0, 0.1) is 0 Å². The molecule has 1 aromatic heterocycles. The Morgan fingerprint density at radius 1 is 1.16 bits per heavy atom. The zero-order valence-corrected chi connectivity index (χ0v) is 21.5. The molecular weight excluding hydrogens is 494 g/mol. The number of urea groups is 1. The second kappa shape index (κ2) is 10.4. The van der Waals surface area contributed by atoms with E-state index in [4.69, 9.17) is 9.84 Å². The molecular formula is C26H27N5O5S. The number of carbonyl (C=O) groups is 2. The van der Waals surface area contributed by atoms with E-state index in [-0.39, 0.29) is 17.1 Å². The molecule has 4 rings (SSSR count). The third-order valence-corrected chi connectivity index (χ3v) is 7.63. The first-order chi connectivity index (χ1) is 17.6. The van der Waals surface area contributed by atoms with Gasteiger partial charge in [0, 0.05) is 37.1 Å². The Balaban J connectivity index is 1.87. The van der Waals surface area contributed by atoms with Gasteiger partial charge in [0.05, 0.1) is 27.9 Å². The third-order valence-electron chi connectivity index (χ3n) is 5.80. The number of hydrogen-bond acceptors (Lipinski definition) is 6. The van der Waals surface area contributed by atoms with Crippen LogP contribution in [0.3, 0.4) is 0 Å². The molecule has 2 heterocycles. The second-order valence-electron chi connectivity index (χ2n) is 8.48. The van der Waals surface area contributed by atoms with Gasteiger partial charge in [-0.05, 0) is 31.2 Å². The van der Waals surface area contributed by atoms with Crippen molar-refractivity contribution in [2.75, 3.05) is 20.7 Å². The summed E-state index contributed by atoms with van der Waals surface area (Å²) in [6.45, 7) is 5.21. The zero-order chi connectivity index (χ0) is 26.7. The average Bonchev–Trinajstić information content (AvgIpc) is 3.33. The van der Waals surface area contributed by atoms with Gasteiger partial charge in [-0.1, -0.05) is 43.0 Å². The number of ether oxygens (including phenoxy) is 1. The van der Waals surface area contributed by atoms with Crippen molar-refractivity contribution in [1.29, 1.82) is 0 Å². The number of allylic oxidation sites excluding steroid dienone is 1. The quantitative estimate of drug-likeness (QED) is 0.347. The van der Waals surface area contributed by atoms with E-state index in [2.05, 4.69) is 17.2 Å². The lowest BCUT2D eigenvalue weighted by Gasteiger charge is -2.27. The lowest BCUT2D eigenvalue weighted by atomic mass is 9.94. The molecule has 2 aromatic carbocycles. The van der Waals surface area contributed by atoms with Crippen molar-refractivity contribution in [2.45, 2.75) is 17.9 Å². The van der Waals surface area contributed by atoms with Crippen LogP contribution in [-0.4, -0.2) is 55.2 Å². The number of esters is 1. The van der Waals surface area contributed by atoms with Gasteiger partial charge in [0.2, 0.25) is 10.0 Å². The highest BCUT2D eigenvalue weighted by molar-refractivity contribution is 7.89. The minimum absolute atomic E-state index is 0.00816. The molecule has 0 saturated carbocycles. The van der Waals surface area contributed by atoms with Gasteiger partial charge in [-0.3, -0.25) is 0 Å². The van der Waals surface area contributed by atoms with Gasteiger partial charge in [-0.15, -0.1) is 0 Å². The smallest absolute Gasteiger partial charge is 0.338 e. The molecule has 10 nitrogen and oxygen atoms in total. The summed E-state index contributed by atoms with van der Waals surface area (Å²) < 4.78 is 33.2. The third kappa shape index (κ3) is 5.18. The zero-order valence-electron chi connectivity index (χ0n) is 20.6. The first-order valence-electron chi connectivity index (χ1n) is 11.4. The molecule has 0 spiro atoms. The molecule has 0 aliphatic carbocycles. The minimum atomic E-state index is -3.62. The van der Waals surface area contributed by atoms with Crippen molar-refractivity contribution in [3.63, 3.8) is 0 Å². The van der Waals surface area contributed by atoms with Gasteiger partial charge < -0.3 is 15.4 Å². The van der Waals surface area contributed by atoms with Crippen LogP contribution >= 0.6 is 0 Å². The number of aromatic nitrogens is 2. The molecule has 1 atom stereocenters. The van der Waals surface area contributed by atoms with Crippen LogP contribution in [0.15, 0.2) is 89.6 Å². The first-order valence-corrected chi connectivity index (χ1v) is 12.8. The number of nitrogens with one attached hydrogen (secondary N) is 2. The van der Waals surface area contributed by atoms with Gasteiger partial charge >= 0.3 is 12.0 Å². The molecule has 0 fully saturated rings. The molecule has 1 aliphatic rings. The molecule has 11 heteroatoms. The number of carbonyl (C=O) groups excluding carboxylic acids is 2. The minimum Gasteiger partial charge on any atom is -0.458 e. The number of benzene rings is 2. The van der Waals surface area contributed by atoms with Crippen LogP contribution in [-0.2, 0) is 19.6 Å². The summed E-state index contributed by atoms with van der Waals surface area (Å²) in [4.78, 5) is 25.6. The van der Waals surface area contributed by atoms with Crippen molar-refractivity contribution >= 4 is 22.0 Å². The Kier molecular flexibility index (Phi) is 7.28. The van der Waals surface area contributed by atoms with Crippen molar-refractivity contribution in [3.8, 4) is 16.9 Å². The summed E-state index contributed by atoms with van der Waals surface area (Å²) >= 11 is 0. The number of sulfonamides is 1. The SMILES string of the molecule is C=CCOC(=O)C1=C(C)NC(=O)N[C@H]1c1cn(-c2ccccc2)nc1-c1ccc(S(=O)(=O)N(C)C)cc1. The maximum atomic E-state index is 13.0. The van der Waals surface area contributed by atoms with Gasteiger partial charge in [-0.2, -0.15) is 5.10 Å². The standard InChI is InChI=1S/C26H27N5O5S/c1-5-15-36-25(32)22-17(2)27-26(33)28-24(22)21-16-31(19-9-7-6-8-10-19)29-23(21)18-11-13-20(14-12-18)37(34,35)30(3)4/h5-14,16,24H,1,15H2,2-4H3,(H2,27,28,33)/t24-/m0/s1. The van der Waals surface area contributed by atoms with E-state index in [0.717, 1.165) is 9.99 Å². The summed E-state index contributed by atoms with van der Waals surface area (Å²) in [7, 11) is -0.697. The number of para-hydroxylation sites is 1. The van der Waals surface area contributed by atoms with Crippen LogP contribution in [0.25, 0.3) is 16.9 Å². The molecule has 37 heavy (non-hydrogen) atoms. The highest BCUT2D eigenvalue weighted by Gasteiger charge is 2.35. The highest BCUT2D eigenvalue weighted by atomic mass is 32.2. The summed E-state index contributed by atoms with van der Waals surface area (Å²) in [5.41, 5.74) is 2.94. The summed E-state index contributed by atoms with van der Waals surface area (Å²) in [6.07, 6.45) is 3.19. The Labute approximate surface area is 215 Å². The molecule has 0 bridgehead atoms. The van der Waals surface area contributed by atoms with Crippen molar-refractivity contribution in [3.05, 3.63) is 90.3 Å². The molecule has 0 saturated heterocycles. The predicted octanol–water partition coefficient (Wildman–Crippen LogP) is 3.15. The summed E-state index contributed by atoms with van der Waals surface area (Å²) in [5, 5.41) is 10.2. The maximum Gasteiger partial charge on any atom is 0.338 e. The Morgan fingerprint density at radius 3 is 2.46 bits per heavy atom. The molecule has 192 valence electrons. The fraction of sp³-hybridized carbons (Fsp3) is 0.192. The second-order valence-corrected chi connectivity index (χ2v) is 10.6. The summed E-state index contributed by atoms with van der Waals surface area (Å²) in [5.74, 6) is -0.610. The lowest BCUT2D eigenvalue weighted by Crippen LogP contribution is -2.45. The van der Waals surface area contributed by atoms with E-state index < -0.39 is 28.1 Å². The number of rotatable bonds is 8. The number of hydrogen-bond donors (Lipinski definition) is 2. The summed E-state index contributed by atoms with van der Waals surface area (Å²) in [6, 6.07) is 14.3. The van der Waals surface area contributed by atoms with Crippen LogP contribution < -0.4 is 10.6 Å². The van der Waals surface area contributed by atoms with Gasteiger partial charge in [-0.25, -0.2) is 27.0 Å². The van der Waals surface area contributed by atoms with Crippen molar-refractivity contribution < 1.29 is 22.7 Å². The topological polar surface area (TPSA) is 123 Å². The fourth-order valence-corrected chi connectivity index (χ4v) is 4.84. The lowest BCUT2D eigenvalue weighted by molar-refractivity contribution is -0.138. The van der Waals surface area contributed by atoms with Gasteiger partial charge in [0.1, 0.15) is 6.61 Å². The highest BCUT2D eigenvalue weighted by Crippen LogP contribution is 2.35. The van der Waals surface area contributed by atoms with E-state index in [1.807, 2.05) is 30.3 Å². The fourth-order valence-electron chi connectivity index (χ4n) is 3.94. The van der Waals surface area contributed by atoms with Crippen molar-refractivity contribution in [2.24, 2.45) is 0 Å². The van der Waals surface area contributed by atoms with Gasteiger partial charge in [0.15, 0.2) is 0 Å². The Hall–Kier alpha value is -4.22. The van der Waals surface area contributed by atoms with Gasteiger partial charge in [0.25, 0.3) is 0 Å². The van der Waals surface area contributed by atoms with E-state index >= 15 is 0 Å². The van der Waals surface area contributed by atoms with E-state index in [1.165, 1.54) is 32.3 Å². The largest absolute Gasteiger partial charge is 0.458 e. The molecule has 0 radical (unpaired) electrons. The van der Waals surface area contributed by atoms with Crippen LogP contribution in [0.1, 0.15) is 18.5 Å². The Bertz CT molecular complexity index is 1480. The van der Waals surface area contributed by atoms with Crippen molar-refractivity contribution in [1.82, 2.24) is 24.7 Å². The molecule has 3 aromatic rings. The first kappa shape index (κ1) is 25.9. The Morgan fingerprint density at radius 2 is 1.84 bits per heavy atom. The monoisotopic (exact) mass is 521 g/mol. The molecule has 0 unspecified atom stereocenters. The molecule has 2 N–H and O–H groups in total. The van der Waals surface area contributed by atoms with Crippen LogP contribution in [0.5, 0.6) is 0 Å². The molecule has 2 amide bonds. The predicted molar refractivity (Wildman–Crippen MR) is 138 cm³/mol. The number of amides is 2. The van der Waals surface area contributed by atoms with E-state index in [9.17, 15) is 18.0 Å². The maximum absolute atomic E-state index is 13.0. The normalized spacial score (nSPS) is 15.8. The van der Waals surface area contributed by atoms with E-state index in [0.29, 0.717) is 22.5 Å². The van der Waals surface area contributed by atoms with Crippen LogP contribution in [0.2, 0.25) is 0 Å². The van der Waals surface area contributed by atoms with Crippen LogP contribution in [0.4, 0.5) is 4.79 Å². The number of nitrogens with zero attached hydrogens (tertiary/aromatic N) is 3.